The van der Waals surface area contributed by atoms with Crippen LogP contribution in [-0.4, -0.2) is 18.1 Å². The Kier molecular flexibility index (Phi) is 3.06. The molecule has 1 aromatic heterocycles. The van der Waals surface area contributed by atoms with Crippen molar-refractivity contribution in [2.24, 2.45) is 5.73 Å². The summed E-state index contributed by atoms with van der Waals surface area (Å²) in [5.74, 6) is 0.853. The second-order valence-corrected chi connectivity index (χ2v) is 4.03. The predicted octanol–water partition coefficient (Wildman–Crippen LogP) is 2.13. The normalized spacial score (nSPS) is 12.7. The predicted molar refractivity (Wildman–Crippen MR) is 65.6 cm³/mol. The summed E-state index contributed by atoms with van der Waals surface area (Å²) in [6.07, 6.45) is 2.61. The number of nitrogens with two attached hydrogens (primary N) is 1. The number of fused-ring (bicyclic) bond motifs is 1. The topological polar surface area (TPSA) is 48.1 Å². The van der Waals surface area contributed by atoms with Crippen LogP contribution in [0.25, 0.3) is 10.8 Å². The van der Waals surface area contributed by atoms with E-state index in [4.69, 9.17) is 10.5 Å². The molecule has 0 aliphatic carbocycles. The molecule has 0 fully saturated rings. The number of rotatable bonds is 3. The van der Waals surface area contributed by atoms with Gasteiger partial charge in [0.05, 0.1) is 7.11 Å². The van der Waals surface area contributed by atoms with Crippen LogP contribution in [0.2, 0.25) is 0 Å². The van der Waals surface area contributed by atoms with E-state index in [1.807, 2.05) is 37.4 Å². The Bertz CT molecular complexity index is 494. The van der Waals surface area contributed by atoms with Gasteiger partial charge >= 0.3 is 0 Å². The van der Waals surface area contributed by atoms with Gasteiger partial charge in [0.25, 0.3) is 0 Å². The molecule has 2 aromatic rings. The van der Waals surface area contributed by atoms with Crippen molar-refractivity contribution in [1.29, 1.82) is 0 Å². The number of hydrogen-bond acceptors (Lipinski definition) is 3. The van der Waals surface area contributed by atoms with E-state index in [-0.39, 0.29) is 6.04 Å². The summed E-state index contributed by atoms with van der Waals surface area (Å²) in [5, 5.41) is 2.30. The minimum atomic E-state index is 0.115. The molecular weight excluding hydrogens is 200 g/mol. The number of hydrogen-bond donors (Lipinski definition) is 1. The van der Waals surface area contributed by atoms with Gasteiger partial charge in [0.2, 0.25) is 0 Å². The Morgan fingerprint density at radius 1 is 1.38 bits per heavy atom. The van der Waals surface area contributed by atoms with Crippen molar-refractivity contribution >= 4 is 10.8 Å². The van der Waals surface area contributed by atoms with Gasteiger partial charge in [-0.2, -0.15) is 0 Å². The Morgan fingerprint density at radius 3 is 2.88 bits per heavy atom. The van der Waals surface area contributed by atoms with Crippen LogP contribution in [0.5, 0.6) is 5.75 Å². The molecule has 3 heteroatoms. The molecule has 0 radical (unpaired) electrons. The van der Waals surface area contributed by atoms with Gasteiger partial charge in [0.15, 0.2) is 0 Å². The maximum Gasteiger partial charge on any atom is 0.119 e. The third-order valence-corrected chi connectivity index (χ3v) is 2.57. The van der Waals surface area contributed by atoms with Crippen LogP contribution < -0.4 is 10.5 Å². The molecule has 3 nitrogen and oxygen atoms in total. The number of pyridine rings is 1. The van der Waals surface area contributed by atoms with E-state index >= 15 is 0 Å². The molecule has 1 atom stereocenters. The fourth-order valence-electron chi connectivity index (χ4n) is 1.80. The molecule has 0 amide bonds. The van der Waals surface area contributed by atoms with Gasteiger partial charge in [0, 0.05) is 29.7 Å². The fraction of sp³-hybridized carbons (Fsp3) is 0.308. The smallest absolute Gasteiger partial charge is 0.119 e. The van der Waals surface area contributed by atoms with Crippen molar-refractivity contribution < 1.29 is 4.74 Å². The molecule has 0 aliphatic heterocycles. The zero-order valence-corrected chi connectivity index (χ0v) is 9.60. The first kappa shape index (κ1) is 10.9. The maximum atomic E-state index is 5.81. The van der Waals surface area contributed by atoms with Crippen molar-refractivity contribution in [1.82, 2.24) is 4.98 Å². The summed E-state index contributed by atoms with van der Waals surface area (Å²) in [4.78, 5) is 4.39. The van der Waals surface area contributed by atoms with E-state index in [1.165, 1.54) is 5.39 Å². The molecule has 1 heterocycles. The van der Waals surface area contributed by atoms with Crippen LogP contribution in [0.15, 0.2) is 30.5 Å². The van der Waals surface area contributed by atoms with E-state index in [9.17, 15) is 0 Å². The van der Waals surface area contributed by atoms with Crippen LogP contribution in [-0.2, 0) is 6.42 Å². The molecule has 2 rings (SSSR count). The molecular formula is C13H16N2O. The quantitative estimate of drug-likeness (QED) is 0.855. The van der Waals surface area contributed by atoms with E-state index in [2.05, 4.69) is 4.98 Å². The van der Waals surface area contributed by atoms with Crippen LogP contribution in [0.3, 0.4) is 0 Å². The zero-order chi connectivity index (χ0) is 11.5. The number of benzene rings is 1. The summed E-state index contributed by atoms with van der Waals surface area (Å²) in [6.45, 7) is 1.99. The lowest BCUT2D eigenvalue weighted by molar-refractivity contribution is 0.415. The zero-order valence-electron chi connectivity index (χ0n) is 9.60. The van der Waals surface area contributed by atoms with Gasteiger partial charge in [-0.05, 0) is 30.5 Å². The van der Waals surface area contributed by atoms with E-state index in [1.54, 1.807) is 7.11 Å². The minimum Gasteiger partial charge on any atom is -0.497 e. The van der Waals surface area contributed by atoms with Crippen molar-refractivity contribution in [3.8, 4) is 5.75 Å². The Hall–Kier alpha value is -1.61. The molecule has 0 bridgehead atoms. The molecule has 0 aliphatic rings. The first-order chi connectivity index (χ1) is 7.70. The van der Waals surface area contributed by atoms with E-state index in [0.29, 0.717) is 0 Å². The number of aromatic nitrogens is 1. The van der Waals surface area contributed by atoms with Gasteiger partial charge in [-0.3, -0.25) is 4.98 Å². The lowest BCUT2D eigenvalue weighted by Gasteiger charge is -2.09. The summed E-state index contributed by atoms with van der Waals surface area (Å²) >= 11 is 0. The Labute approximate surface area is 95.2 Å². The highest BCUT2D eigenvalue weighted by Crippen LogP contribution is 2.23. The second kappa shape index (κ2) is 4.49. The van der Waals surface area contributed by atoms with Crippen LogP contribution in [0.4, 0.5) is 0 Å². The third-order valence-electron chi connectivity index (χ3n) is 2.57. The Balaban J connectivity index is 2.55. The van der Waals surface area contributed by atoms with Crippen LogP contribution in [0, 0.1) is 0 Å². The molecule has 0 saturated carbocycles. The molecule has 1 unspecified atom stereocenters. The summed E-state index contributed by atoms with van der Waals surface area (Å²) in [7, 11) is 1.67. The third kappa shape index (κ3) is 2.14. The maximum absolute atomic E-state index is 5.81. The van der Waals surface area contributed by atoms with Crippen molar-refractivity contribution in [2.75, 3.05) is 7.11 Å². The Morgan fingerprint density at radius 2 is 2.19 bits per heavy atom. The first-order valence-electron chi connectivity index (χ1n) is 5.38. The van der Waals surface area contributed by atoms with Crippen molar-refractivity contribution in [3.05, 3.63) is 36.2 Å². The molecule has 16 heavy (non-hydrogen) atoms. The average molecular weight is 216 g/mol. The van der Waals surface area contributed by atoms with Gasteiger partial charge in [-0.15, -0.1) is 0 Å². The highest BCUT2D eigenvalue weighted by Gasteiger charge is 2.05. The fourth-order valence-corrected chi connectivity index (χ4v) is 1.80. The highest BCUT2D eigenvalue weighted by atomic mass is 16.5. The SMILES string of the molecule is COc1ccc2ccnc(CC(C)N)c2c1. The van der Waals surface area contributed by atoms with Crippen molar-refractivity contribution in [3.63, 3.8) is 0 Å². The molecule has 84 valence electrons. The summed E-state index contributed by atoms with van der Waals surface area (Å²) < 4.78 is 5.22. The molecule has 0 spiro atoms. The van der Waals surface area contributed by atoms with Gasteiger partial charge in [-0.1, -0.05) is 6.07 Å². The average Bonchev–Trinajstić information content (AvgIpc) is 2.28. The van der Waals surface area contributed by atoms with Crippen LogP contribution >= 0.6 is 0 Å². The number of methoxy groups -OCH3 is 1. The van der Waals surface area contributed by atoms with Gasteiger partial charge in [-0.25, -0.2) is 0 Å². The molecule has 2 N–H and O–H groups in total. The monoisotopic (exact) mass is 216 g/mol. The summed E-state index contributed by atoms with van der Waals surface area (Å²) in [5.41, 5.74) is 6.85. The van der Waals surface area contributed by atoms with E-state index < -0.39 is 0 Å². The van der Waals surface area contributed by atoms with Crippen molar-refractivity contribution in [2.45, 2.75) is 19.4 Å². The van der Waals surface area contributed by atoms with Crippen LogP contribution in [0.1, 0.15) is 12.6 Å². The lowest BCUT2D eigenvalue weighted by Crippen LogP contribution is -2.18. The second-order valence-electron chi connectivity index (χ2n) is 4.03. The summed E-state index contributed by atoms with van der Waals surface area (Å²) in [6, 6.07) is 8.13. The highest BCUT2D eigenvalue weighted by molar-refractivity contribution is 5.85. The largest absolute Gasteiger partial charge is 0.497 e. The molecule has 1 aromatic carbocycles. The first-order valence-corrected chi connectivity index (χ1v) is 5.38. The molecule has 0 saturated heterocycles. The standard InChI is InChI=1S/C13H16N2O/c1-9(14)7-13-12-8-11(16-2)4-3-10(12)5-6-15-13/h3-6,8-9H,7,14H2,1-2H3. The van der Waals surface area contributed by atoms with Gasteiger partial charge < -0.3 is 10.5 Å². The van der Waals surface area contributed by atoms with Gasteiger partial charge in [0.1, 0.15) is 5.75 Å². The lowest BCUT2D eigenvalue weighted by atomic mass is 10.1. The number of nitrogens with zero attached hydrogens (tertiary/aromatic N) is 1. The van der Waals surface area contributed by atoms with E-state index in [0.717, 1.165) is 23.3 Å². The minimum absolute atomic E-state index is 0.115. The number of ether oxygens (including phenoxy) is 1.